The molecule has 2 aromatic carbocycles. The Balaban J connectivity index is 1.51. The number of aliphatic imine (C=N–C) groups is 1. The van der Waals surface area contributed by atoms with E-state index >= 15 is 0 Å². The normalized spacial score (nSPS) is 17.5. The summed E-state index contributed by atoms with van der Waals surface area (Å²) >= 11 is 0. The Labute approximate surface area is 201 Å². The van der Waals surface area contributed by atoms with Gasteiger partial charge in [-0.2, -0.15) is 0 Å². The Bertz CT molecular complexity index is 1100. The summed E-state index contributed by atoms with van der Waals surface area (Å²) in [6.45, 7) is 7.92. The van der Waals surface area contributed by atoms with Crippen molar-refractivity contribution in [2.75, 3.05) is 0 Å². The van der Waals surface area contributed by atoms with E-state index in [1.54, 1.807) is 6.07 Å². The van der Waals surface area contributed by atoms with Crippen LogP contribution in [0.25, 0.3) is 11.1 Å². The fourth-order valence-electron chi connectivity index (χ4n) is 4.76. The molecule has 1 aliphatic carbocycles. The summed E-state index contributed by atoms with van der Waals surface area (Å²) in [4.78, 5) is 31.6. The molecule has 4 rings (SSSR count). The maximum Gasteiger partial charge on any atom is 0.347 e. The van der Waals surface area contributed by atoms with Crippen molar-refractivity contribution in [3.63, 3.8) is 0 Å². The van der Waals surface area contributed by atoms with E-state index in [-0.39, 0.29) is 5.91 Å². The summed E-state index contributed by atoms with van der Waals surface area (Å²) in [7, 11) is 0. The average molecular weight is 463 g/mol. The van der Waals surface area contributed by atoms with Crippen LogP contribution in [0.1, 0.15) is 65.4 Å². The van der Waals surface area contributed by atoms with Crippen molar-refractivity contribution >= 4 is 17.7 Å². The van der Waals surface area contributed by atoms with Gasteiger partial charge in [-0.05, 0) is 61.4 Å². The quantitative estimate of drug-likeness (QED) is 0.546. The number of nitrogens with zero attached hydrogens (tertiary/aromatic N) is 2. The number of hydrogen-bond donors (Lipinski definition) is 1. The first kappa shape index (κ1) is 24.0. The number of aliphatic carboxylic acids is 1. The smallest absolute Gasteiger partial charge is 0.347 e. The minimum atomic E-state index is -1.31. The number of ether oxygens (including phenoxy) is 1. The van der Waals surface area contributed by atoms with Gasteiger partial charge in [-0.15, -0.1) is 0 Å². The molecule has 1 amide bonds. The van der Waals surface area contributed by atoms with Crippen molar-refractivity contribution in [1.82, 2.24) is 4.90 Å². The van der Waals surface area contributed by atoms with Crippen molar-refractivity contribution in [3.8, 4) is 16.9 Å². The molecule has 34 heavy (non-hydrogen) atoms. The molecule has 6 heteroatoms. The van der Waals surface area contributed by atoms with Crippen LogP contribution in [0.5, 0.6) is 5.75 Å². The zero-order valence-electron chi connectivity index (χ0n) is 20.5. The molecule has 0 saturated heterocycles. The number of rotatable bonds is 8. The number of carboxylic acid groups (broad SMARTS) is 1. The van der Waals surface area contributed by atoms with Gasteiger partial charge in [0.15, 0.2) is 5.60 Å². The van der Waals surface area contributed by atoms with E-state index in [4.69, 9.17) is 9.73 Å². The second kappa shape index (κ2) is 9.24. The number of amidine groups is 1. The fraction of sp³-hybridized carbons (Fsp3) is 0.464. The maximum absolute atomic E-state index is 13.4. The molecule has 2 aromatic rings. The second-order valence-corrected chi connectivity index (χ2v) is 10.4. The van der Waals surface area contributed by atoms with Crippen molar-refractivity contribution < 1.29 is 19.4 Å². The maximum atomic E-state index is 13.4. The number of carboxylic acids is 1. The van der Waals surface area contributed by atoms with Crippen molar-refractivity contribution in [3.05, 3.63) is 54.1 Å². The highest BCUT2D eigenvalue weighted by Crippen LogP contribution is 2.40. The van der Waals surface area contributed by atoms with Crippen LogP contribution in [0, 0.1) is 5.92 Å². The number of carbonyl (C=O) groups is 2. The van der Waals surface area contributed by atoms with Gasteiger partial charge in [-0.25, -0.2) is 4.79 Å². The van der Waals surface area contributed by atoms with Crippen LogP contribution in [0.3, 0.4) is 0 Å². The molecule has 0 unspecified atom stereocenters. The van der Waals surface area contributed by atoms with E-state index in [0.29, 0.717) is 18.2 Å². The lowest BCUT2D eigenvalue weighted by atomic mass is 9.98. The third kappa shape index (κ3) is 4.86. The molecule has 2 aliphatic rings. The first-order valence-electron chi connectivity index (χ1n) is 12.1. The number of amides is 1. The number of benzene rings is 2. The molecule has 1 heterocycles. The SMILES string of the molecule is CC(C)CC1=NC2(CCCC2)C(=O)N1Cc1ccc(-c2cccc(OC(C)(C)C(=O)O)c2)cc1. The van der Waals surface area contributed by atoms with Crippen molar-refractivity contribution in [1.29, 1.82) is 0 Å². The Hall–Kier alpha value is -3.15. The van der Waals surface area contributed by atoms with Crippen LogP contribution < -0.4 is 4.74 Å². The fourth-order valence-corrected chi connectivity index (χ4v) is 4.76. The summed E-state index contributed by atoms with van der Waals surface area (Å²) in [5.41, 5.74) is 1.17. The third-order valence-corrected chi connectivity index (χ3v) is 6.67. The summed E-state index contributed by atoms with van der Waals surface area (Å²) < 4.78 is 5.68. The lowest BCUT2D eigenvalue weighted by Gasteiger charge is -2.23. The predicted octanol–water partition coefficient (Wildman–Crippen LogP) is 5.70. The van der Waals surface area contributed by atoms with Gasteiger partial charge in [-0.3, -0.25) is 14.7 Å². The topological polar surface area (TPSA) is 79.2 Å². The summed E-state index contributed by atoms with van der Waals surface area (Å²) in [6, 6.07) is 15.6. The minimum absolute atomic E-state index is 0.163. The van der Waals surface area contributed by atoms with E-state index in [1.165, 1.54) is 13.8 Å². The van der Waals surface area contributed by atoms with Gasteiger partial charge < -0.3 is 9.84 Å². The monoisotopic (exact) mass is 462 g/mol. The molecule has 1 fully saturated rings. The molecular weight excluding hydrogens is 428 g/mol. The standard InChI is InChI=1S/C28H34N2O4/c1-19(2)16-24-29-28(14-5-6-15-28)25(31)30(24)18-20-10-12-21(13-11-20)22-8-7-9-23(17-22)34-27(3,4)26(32)33/h7-13,17,19H,5-6,14-16,18H2,1-4H3,(H,32,33). The molecule has 0 bridgehead atoms. The Morgan fingerprint density at radius 2 is 1.79 bits per heavy atom. The van der Waals surface area contributed by atoms with Crippen LogP contribution in [-0.2, 0) is 16.1 Å². The molecule has 1 N–H and O–H groups in total. The highest BCUT2D eigenvalue weighted by molar-refractivity contribution is 6.08. The molecule has 0 radical (unpaired) electrons. The van der Waals surface area contributed by atoms with Crippen molar-refractivity contribution in [2.45, 2.75) is 77.5 Å². The van der Waals surface area contributed by atoms with Gasteiger partial charge >= 0.3 is 5.97 Å². The Kier molecular flexibility index (Phi) is 6.52. The summed E-state index contributed by atoms with van der Waals surface area (Å²) in [5.74, 6) is 1.02. The molecule has 0 aromatic heterocycles. The molecule has 1 saturated carbocycles. The first-order chi connectivity index (χ1) is 16.1. The van der Waals surface area contributed by atoms with Crippen molar-refractivity contribution in [2.24, 2.45) is 10.9 Å². The van der Waals surface area contributed by atoms with Gasteiger partial charge in [0, 0.05) is 6.42 Å². The number of hydrogen-bond acceptors (Lipinski definition) is 4. The van der Waals surface area contributed by atoms with Gasteiger partial charge in [0.05, 0.1) is 6.54 Å². The zero-order chi connectivity index (χ0) is 24.5. The van der Waals surface area contributed by atoms with E-state index in [2.05, 4.69) is 13.8 Å². The second-order valence-electron chi connectivity index (χ2n) is 10.4. The van der Waals surface area contributed by atoms with Crippen LogP contribution in [0.4, 0.5) is 0 Å². The molecular formula is C28H34N2O4. The lowest BCUT2D eigenvalue weighted by molar-refractivity contribution is -0.152. The molecule has 0 atom stereocenters. The third-order valence-electron chi connectivity index (χ3n) is 6.67. The molecule has 6 nitrogen and oxygen atoms in total. The largest absolute Gasteiger partial charge is 0.478 e. The predicted molar refractivity (Wildman–Crippen MR) is 133 cm³/mol. The Morgan fingerprint density at radius 3 is 2.41 bits per heavy atom. The van der Waals surface area contributed by atoms with Crippen LogP contribution >= 0.6 is 0 Å². The summed E-state index contributed by atoms with van der Waals surface area (Å²) in [6.07, 6.45) is 4.67. The summed E-state index contributed by atoms with van der Waals surface area (Å²) in [5, 5.41) is 9.33. The van der Waals surface area contributed by atoms with Crippen LogP contribution in [-0.4, -0.2) is 38.9 Å². The van der Waals surface area contributed by atoms with E-state index in [1.807, 2.05) is 47.4 Å². The van der Waals surface area contributed by atoms with Gasteiger partial charge in [0.2, 0.25) is 0 Å². The van der Waals surface area contributed by atoms with Crippen LogP contribution in [0.2, 0.25) is 0 Å². The van der Waals surface area contributed by atoms with Gasteiger partial charge in [-0.1, -0.05) is 63.1 Å². The van der Waals surface area contributed by atoms with E-state index < -0.39 is 17.1 Å². The minimum Gasteiger partial charge on any atom is -0.478 e. The average Bonchev–Trinajstić information content (AvgIpc) is 3.34. The zero-order valence-corrected chi connectivity index (χ0v) is 20.5. The first-order valence-corrected chi connectivity index (χ1v) is 12.1. The van der Waals surface area contributed by atoms with E-state index in [0.717, 1.165) is 54.6 Å². The lowest BCUT2D eigenvalue weighted by Crippen LogP contribution is -2.40. The van der Waals surface area contributed by atoms with Crippen LogP contribution in [0.15, 0.2) is 53.5 Å². The van der Waals surface area contributed by atoms with E-state index in [9.17, 15) is 14.7 Å². The molecule has 1 spiro atoms. The number of carbonyl (C=O) groups excluding carboxylic acids is 1. The Morgan fingerprint density at radius 1 is 1.12 bits per heavy atom. The highest BCUT2D eigenvalue weighted by atomic mass is 16.5. The molecule has 1 aliphatic heterocycles. The highest BCUT2D eigenvalue weighted by Gasteiger charge is 2.49. The van der Waals surface area contributed by atoms with Gasteiger partial charge in [0.1, 0.15) is 17.1 Å². The van der Waals surface area contributed by atoms with Gasteiger partial charge in [0.25, 0.3) is 5.91 Å². The molecule has 180 valence electrons.